The zero-order valence-electron chi connectivity index (χ0n) is 8.87. The second-order valence-electron chi connectivity index (χ2n) is 3.98. The number of imidazole rings is 1. The van der Waals surface area contributed by atoms with Crippen molar-refractivity contribution in [2.24, 2.45) is 0 Å². The van der Waals surface area contributed by atoms with Crippen LogP contribution < -0.4 is 5.32 Å². The Labute approximate surface area is 85.5 Å². The van der Waals surface area contributed by atoms with Gasteiger partial charge in [0.15, 0.2) is 0 Å². The predicted octanol–water partition coefficient (Wildman–Crippen LogP) is 2.82. The first-order valence-electron chi connectivity index (χ1n) is 5.68. The molecule has 0 unspecified atom stereocenters. The smallest absolute Gasteiger partial charge is 0.203 e. The molecule has 0 aliphatic heterocycles. The molecule has 0 atom stereocenters. The van der Waals surface area contributed by atoms with Gasteiger partial charge in [-0.3, -0.25) is 0 Å². The fourth-order valence-corrected chi connectivity index (χ4v) is 2.26. The lowest BCUT2D eigenvalue weighted by molar-refractivity contribution is 0.356. The van der Waals surface area contributed by atoms with Crippen molar-refractivity contribution in [3.8, 4) is 0 Å². The van der Waals surface area contributed by atoms with Crippen LogP contribution in [0, 0.1) is 0 Å². The quantitative estimate of drug-likeness (QED) is 0.800. The van der Waals surface area contributed by atoms with Gasteiger partial charge in [0, 0.05) is 25.0 Å². The fourth-order valence-electron chi connectivity index (χ4n) is 2.26. The molecular formula is C11H19N3. The largest absolute Gasteiger partial charge is 0.356 e. The van der Waals surface area contributed by atoms with Crippen molar-refractivity contribution in [1.29, 1.82) is 0 Å². The van der Waals surface area contributed by atoms with Gasteiger partial charge in [-0.2, -0.15) is 0 Å². The Morgan fingerprint density at radius 2 is 2.21 bits per heavy atom. The molecule has 0 amide bonds. The van der Waals surface area contributed by atoms with Crippen molar-refractivity contribution in [2.45, 2.75) is 45.1 Å². The van der Waals surface area contributed by atoms with Crippen LogP contribution >= 0.6 is 0 Å². The molecule has 0 bridgehead atoms. The molecule has 1 N–H and O–H groups in total. The van der Waals surface area contributed by atoms with Gasteiger partial charge in [0.05, 0.1) is 0 Å². The van der Waals surface area contributed by atoms with E-state index in [-0.39, 0.29) is 0 Å². The van der Waals surface area contributed by atoms with E-state index in [1.165, 1.54) is 32.1 Å². The number of rotatable bonds is 3. The van der Waals surface area contributed by atoms with Crippen LogP contribution in [0.2, 0.25) is 0 Å². The van der Waals surface area contributed by atoms with E-state index in [2.05, 4.69) is 28.0 Å². The van der Waals surface area contributed by atoms with Gasteiger partial charge in [-0.25, -0.2) is 4.98 Å². The highest BCUT2D eigenvalue weighted by Crippen LogP contribution is 2.29. The molecule has 78 valence electrons. The summed E-state index contributed by atoms with van der Waals surface area (Å²) in [5, 5.41) is 3.31. The van der Waals surface area contributed by atoms with Crippen molar-refractivity contribution in [1.82, 2.24) is 9.55 Å². The molecule has 0 saturated heterocycles. The summed E-state index contributed by atoms with van der Waals surface area (Å²) in [7, 11) is 0. The molecule has 1 aromatic rings. The average molecular weight is 193 g/mol. The maximum atomic E-state index is 4.33. The fraction of sp³-hybridized carbons (Fsp3) is 0.727. The van der Waals surface area contributed by atoms with Gasteiger partial charge in [-0.15, -0.1) is 0 Å². The summed E-state index contributed by atoms with van der Waals surface area (Å²) in [5.41, 5.74) is 0. The van der Waals surface area contributed by atoms with Crippen LogP contribution in [0.3, 0.4) is 0 Å². The summed E-state index contributed by atoms with van der Waals surface area (Å²) in [6.45, 7) is 3.06. The van der Waals surface area contributed by atoms with Crippen LogP contribution in [0.4, 0.5) is 5.95 Å². The maximum absolute atomic E-state index is 4.33. The van der Waals surface area contributed by atoms with Gasteiger partial charge in [-0.1, -0.05) is 19.3 Å². The molecule has 1 aliphatic rings. The minimum atomic E-state index is 0.681. The first-order chi connectivity index (χ1) is 6.92. The molecular weight excluding hydrogens is 174 g/mol. The van der Waals surface area contributed by atoms with Crippen molar-refractivity contribution < 1.29 is 0 Å². The molecule has 1 aliphatic carbocycles. The minimum absolute atomic E-state index is 0.681. The Balaban J connectivity index is 2.09. The number of anilines is 1. The van der Waals surface area contributed by atoms with Crippen molar-refractivity contribution in [2.75, 3.05) is 11.9 Å². The molecule has 14 heavy (non-hydrogen) atoms. The summed E-state index contributed by atoms with van der Waals surface area (Å²) in [6, 6.07) is 0.681. The molecule has 2 rings (SSSR count). The summed E-state index contributed by atoms with van der Waals surface area (Å²) in [6.07, 6.45) is 10.8. The van der Waals surface area contributed by atoms with Crippen molar-refractivity contribution in [3.63, 3.8) is 0 Å². The Morgan fingerprint density at radius 1 is 1.43 bits per heavy atom. The van der Waals surface area contributed by atoms with Gasteiger partial charge in [0.2, 0.25) is 5.95 Å². The van der Waals surface area contributed by atoms with E-state index in [0.717, 1.165) is 12.5 Å². The minimum Gasteiger partial charge on any atom is -0.356 e. The second-order valence-corrected chi connectivity index (χ2v) is 3.98. The lowest BCUT2D eigenvalue weighted by atomic mass is 9.95. The van der Waals surface area contributed by atoms with E-state index < -0.39 is 0 Å². The normalized spacial score (nSPS) is 18.4. The van der Waals surface area contributed by atoms with Crippen molar-refractivity contribution >= 4 is 5.95 Å². The monoisotopic (exact) mass is 193 g/mol. The van der Waals surface area contributed by atoms with Crippen LogP contribution in [0.15, 0.2) is 12.4 Å². The SMILES string of the molecule is CCNc1nccn1C1CCCCC1. The molecule has 1 aromatic heterocycles. The number of nitrogens with one attached hydrogen (secondary N) is 1. The van der Waals surface area contributed by atoms with E-state index >= 15 is 0 Å². The molecule has 3 heteroatoms. The summed E-state index contributed by atoms with van der Waals surface area (Å²) < 4.78 is 2.31. The van der Waals surface area contributed by atoms with Gasteiger partial charge in [0.25, 0.3) is 0 Å². The summed E-state index contributed by atoms with van der Waals surface area (Å²) in [4.78, 5) is 4.33. The Hall–Kier alpha value is -0.990. The van der Waals surface area contributed by atoms with Gasteiger partial charge in [0.1, 0.15) is 0 Å². The molecule has 0 radical (unpaired) electrons. The lowest BCUT2D eigenvalue weighted by Crippen LogP contribution is -2.15. The first kappa shape index (κ1) is 9.56. The lowest BCUT2D eigenvalue weighted by Gasteiger charge is -2.24. The zero-order chi connectivity index (χ0) is 9.80. The molecule has 1 saturated carbocycles. The Kier molecular flexibility index (Phi) is 3.07. The Bertz CT molecular complexity index is 274. The Morgan fingerprint density at radius 3 is 2.93 bits per heavy atom. The third-order valence-electron chi connectivity index (χ3n) is 2.97. The third kappa shape index (κ3) is 1.91. The van der Waals surface area contributed by atoms with Crippen molar-refractivity contribution in [3.05, 3.63) is 12.4 Å². The maximum Gasteiger partial charge on any atom is 0.203 e. The highest BCUT2D eigenvalue weighted by atomic mass is 15.2. The topological polar surface area (TPSA) is 29.9 Å². The predicted molar refractivity (Wildman–Crippen MR) is 58.5 cm³/mol. The molecule has 1 fully saturated rings. The van der Waals surface area contributed by atoms with Crippen LogP contribution in [-0.2, 0) is 0 Å². The molecule has 0 spiro atoms. The van der Waals surface area contributed by atoms with E-state index in [1.807, 2.05) is 6.20 Å². The molecule has 1 heterocycles. The van der Waals surface area contributed by atoms with Gasteiger partial charge in [-0.05, 0) is 19.8 Å². The number of aromatic nitrogens is 2. The highest BCUT2D eigenvalue weighted by molar-refractivity contribution is 5.26. The standard InChI is InChI=1S/C11H19N3/c1-2-12-11-13-8-9-14(11)10-6-4-3-5-7-10/h8-10H,2-7H2,1H3,(H,12,13). The van der Waals surface area contributed by atoms with E-state index in [1.54, 1.807) is 0 Å². The van der Waals surface area contributed by atoms with E-state index in [0.29, 0.717) is 6.04 Å². The number of nitrogens with zero attached hydrogens (tertiary/aromatic N) is 2. The van der Waals surface area contributed by atoms with Crippen LogP contribution in [0.1, 0.15) is 45.1 Å². The van der Waals surface area contributed by atoms with E-state index in [9.17, 15) is 0 Å². The first-order valence-corrected chi connectivity index (χ1v) is 5.68. The highest BCUT2D eigenvalue weighted by Gasteiger charge is 2.16. The number of hydrogen-bond donors (Lipinski definition) is 1. The van der Waals surface area contributed by atoms with Crippen LogP contribution in [0.5, 0.6) is 0 Å². The van der Waals surface area contributed by atoms with Gasteiger partial charge >= 0.3 is 0 Å². The van der Waals surface area contributed by atoms with Crippen LogP contribution in [-0.4, -0.2) is 16.1 Å². The van der Waals surface area contributed by atoms with Crippen LogP contribution in [0.25, 0.3) is 0 Å². The summed E-state index contributed by atoms with van der Waals surface area (Å²) in [5.74, 6) is 1.04. The number of hydrogen-bond acceptors (Lipinski definition) is 2. The zero-order valence-corrected chi connectivity index (χ0v) is 8.87. The van der Waals surface area contributed by atoms with Gasteiger partial charge < -0.3 is 9.88 Å². The molecule has 0 aromatic carbocycles. The molecule has 3 nitrogen and oxygen atoms in total. The summed E-state index contributed by atoms with van der Waals surface area (Å²) >= 11 is 0. The second kappa shape index (κ2) is 4.49. The third-order valence-corrected chi connectivity index (χ3v) is 2.97. The van der Waals surface area contributed by atoms with E-state index in [4.69, 9.17) is 0 Å². The average Bonchev–Trinajstić information content (AvgIpc) is 2.68.